The van der Waals surface area contributed by atoms with Crippen molar-refractivity contribution in [3.8, 4) is 0 Å². The van der Waals surface area contributed by atoms with Crippen LogP contribution in [0.4, 0.5) is 0 Å². The highest BCUT2D eigenvalue weighted by atomic mass is 35.5. The van der Waals surface area contributed by atoms with Crippen LogP contribution in [0.15, 0.2) is 51.7 Å². The molecule has 0 saturated carbocycles. The van der Waals surface area contributed by atoms with Gasteiger partial charge in [-0.2, -0.15) is 10.2 Å². The van der Waals surface area contributed by atoms with Gasteiger partial charge in [-0.25, -0.2) is 5.43 Å². The fraction of sp³-hybridized carbons (Fsp3) is 0. The first kappa shape index (κ1) is 18.5. The van der Waals surface area contributed by atoms with Crippen LogP contribution in [0.25, 0.3) is 0 Å². The number of hydrazone groups is 1. The minimum atomic E-state index is -0.00216. The van der Waals surface area contributed by atoms with E-state index in [2.05, 4.69) is 20.7 Å². The molecule has 0 spiro atoms. The Labute approximate surface area is 158 Å². The number of nitrogens with two attached hydrogens (primary N) is 1. The van der Waals surface area contributed by atoms with Crippen LogP contribution in [0, 0.1) is 0 Å². The van der Waals surface area contributed by atoms with Gasteiger partial charge in [-0.05, 0) is 24.3 Å². The number of hydrogen-bond acceptors (Lipinski definition) is 3. The summed E-state index contributed by atoms with van der Waals surface area (Å²) in [6.07, 6.45) is 2.94. The van der Waals surface area contributed by atoms with Gasteiger partial charge in [0.15, 0.2) is 0 Å². The van der Waals surface area contributed by atoms with E-state index < -0.39 is 0 Å². The Bertz CT molecular complexity index is 818. The molecular formula is C15H11Cl4N5. The molecule has 0 fully saturated rings. The molecule has 0 aliphatic heterocycles. The summed E-state index contributed by atoms with van der Waals surface area (Å²) in [4.78, 5) is 0. The summed E-state index contributed by atoms with van der Waals surface area (Å²) >= 11 is 23.6. The van der Waals surface area contributed by atoms with E-state index in [1.807, 2.05) is 0 Å². The molecule has 24 heavy (non-hydrogen) atoms. The highest BCUT2D eigenvalue weighted by Gasteiger charge is 1.99. The van der Waals surface area contributed by atoms with Gasteiger partial charge in [-0.15, -0.1) is 5.10 Å². The molecule has 3 N–H and O–H groups in total. The zero-order valence-corrected chi connectivity index (χ0v) is 15.1. The first-order valence-corrected chi connectivity index (χ1v) is 8.02. The highest BCUT2D eigenvalue weighted by molar-refractivity contribution is 6.36. The molecular weight excluding hydrogens is 392 g/mol. The van der Waals surface area contributed by atoms with Crippen molar-refractivity contribution in [3.63, 3.8) is 0 Å². The average Bonchev–Trinajstić information content (AvgIpc) is 2.51. The van der Waals surface area contributed by atoms with Gasteiger partial charge in [-0.3, -0.25) is 0 Å². The van der Waals surface area contributed by atoms with Gasteiger partial charge in [0.25, 0.3) is 0 Å². The third-order valence-corrected chi connectivity index (χ3v) is 3.79. The summed E-state index contributed by atoms with van der Waals surface area (Å²) in [5.41, 5.74) is 9.49. The Balaban J connectivity index is 1.96. The topological polar surface area (TPSA) is 75.1 Å². The minimum absolute atomic E-state index is 0.00216. The maximum Gasteiger partial charge on any atom is 0.234 e. The molecule has 0 radical (unpaired) electrons. The lowest BCUT2D eigenvalue weighted by Crippen LogP contribution is -2.26. The second-order valence-corrected chi connectivity index (χ2v) is 6.12. The molecule has 2 aromatic carbocycles. The number of nitrogens with zero attached hydrogens (tertiary/aromatic N) is 3. The lowest BCUT2D eigenvalue weighted by atomic mass is 10.2. The van der Waals surface area contributed by atoms with Crippen molar-refractivity contribution in [1.82, 2.24) is 5.43 Å². The summed E-state index contributed by atoms with van der Waals surface area (Å²) in [7, 11) is 0. The fourth-order valence-electron chi connectivity index (χ4n) is 1.56. The first-order valence-electron chi connectivity index (χ1n) is 6.51. The molecule has 9 heteroatoms. The maximum absolute atomic E-state index is 6.01. The summed E-state index contributed by atoms with van der Waals surface area (Å²) in [5, 5.41) is 13.5. The van der Waals surface area contributed by atoms with E-state index in [4.69, 9.17) is 52.1 Å². The monoisotopic (exact) mass is 401 g/mol. The van der Waals surface area contributed by atoms with E-state index >= 15 is 0 Å². The lowest BCUT2D eigenvalue weighted by Gasteiger charge is -1.99. The van der Waals surface area contributed by atoms with Gasteiger partial charge >= 0.3 is 0 Å². The zero-order chi connectivity index (χ0) is 17.5. The molecule has 0 aliphatic carbocycles. The van der Waals surface area contributed by atoms with Gasteiger partial charge in [-0.1, -0.05) is 58.5 Å². The van der Waals surface area contributed by atoms with Crippen LogP contribution in [0.3, 0.4) is 0 Å². The van der Waals surface area contributed by atoms with Crippen molar-refractivity contribution in [3.05, 3.63) is 67.6 Å². The third-order valence-electron chi connectivity index (χ3n) is 2.67. The van der Waals surface area contributed by atoms with Crippen molar-refractivity contribution in [2.24, 2.45) is 21.0 Å². The number of halogens is 4. The highest BCUT2D eigenvalue weighted by Crippen LogP contribution is 2.20. The minimum Gasteiger partial charge on any atom is -0.367 e. The lowest BCUT2D eigenvalue weighted by molar-refractivity contribution is 0.994. The Kier molecular flexibility index (Phi) is 6.87. The Hall–Kier alpha value is -1.79. The molecule has 0 bridgehead atoms. The van der Waals surface area contributed by atoms with E-state index in [1.54, 1.807) is 36.4 Å². The number of nitrogens with one attached hydrogen (secondary N) is 1. The maximum atomic E-state index is 6.01. The molecule has 0 heterocycles. The standard InChI is InChI=1S/C15H11Cl4N5/c16-11-3-1-9(13(18)5-11)7-21-23-15(20)24-22-8-10-2-4-12(17)6-14(10)19/h1-8H,(H3,20,23,24). The van der Waals surface area contributed by atoms with E-state index in [0.29, 0.717) is 31.2 Å². The molecule has 0 unspecified atom stereocenters. The van der Waals surface area contributed by atoms with Crippen LogP contribution in [0.5, 0.6) is 0 Å². The Morgan fingerprint density at radius 1 is 0.875 bits per heavy atom. The van der Waals surface area contributed by atoms with E-state index in [1.165, 1.54) is 12.4 Å². The van der Waals surface area contributed by atoms with Gasteiger partial charge < -0.3 is 5.73 Å². The largest absolute Gasteiger partial charge is 0.367 e. The molecule has 0 amide bonds. The molecule has 0 aliphatic rings. The van der Waals surface area contributed by atoms with Crippen molar-refractivity contribution in [2.75, 3.05) is 0 Å². The second kappa shape index (κ2) is 8.89. The van der Waals surface area contributed by atoms with Crippen molar-refractivity contribution >= 4 is 64.8 Å². The Morgan fingerprint density at radius 2 is 1.42 bits per heavy atom. The van der Waals surface area contributed by atoms with Crippen LogP contribution >= 0.6 is 46.4 Å². The molecule has 2 aromatic rings. The van der Waals surface area contributed by atoms with Crippen molar-refractivity contribution in [2.45, 2.75) is 0 Å². The predicted octanol–water partition coefficient (Wildman–Crippen LogP) is 4.57. The summed E-state index contributed by atoms with van der Waals surface area (Å²) in [6.45, 7) is 0. The summed E-state index contributed by atoms with van der Waals surface area (Å²) in [5.74, 6) is -0.00216. The molecule has 0 saturated heterocycles. The Morgan fingerprint density at radius 3 is 1.96 bits per heavy atom. The zero-order valence-electron chi connectivity index (χ0n) is 12.0. The smallest absolute Gasteiger partial charge is 0.234 e. The summed E-state index contributed by atoms with van der Waals surface area (Å²) in [6, 6.07) is 10.1. The van der Waals surface area contributed by atoms with Gasteiger partial charge in [0, 0.05) is 21.2 Å². The first-order chi connectivity index (χ1) is 11.5. The van der Waals surface area contributed by atoms with E-state index in [9.17, 15) is 0 Å². The van der Waals surface area contributed by atoms with Crippen LogP contribution < -0.4 is 11.2 Å². The SMILES string of the molecule is N/C(=N/N=Cc1ccc(Cl)cc1Cl)NN=Cc1ccc(Cl)cc1Cl. The fourth-order valence-corrected chi connectivity index (χ4v) is 2.47. The number of hydrogen-bond donors (Lipinski definition) is 2. The second-order valence-electron chi connectivity index (χ2n) is 4.43. The quantitative estimate of drug-likeness (QED) is 0.446. The van der Waals surface area contributed by atoms with E-state index in [0.717, 1.165) is 0 Å². The van der Waals surface area contributed by atoms with Crippen LogP contribution in [-0.2, 0) is 0 Å². The van der Waals surface area contributed by atoms with Crippen LogP contribution in [0.1, 0.15) is 11.1 Å². The normalized spacial score (nSPS) is 12.2. The van der Waals surface area contributed by atoms with E-state index in [-0.39, 0.29) is 5.96 Å². The molecule has 0 aromatic heterocycles. The van der Waals surface area contributed by atoms with Crippen LogP contribution in [0.2, 0.25) is 20.1 Å². The summed E-state index contributed by atoms with van der Waals surface area (Å²) < 4.78 is 0. The predicted molar refractivity (Wildman–Crippen MR) is 103 cm³/mol. The van der Waals surface area contributed by atoms with Gasteiger partial charge in [0.05, 0.1) is 22.5 Å². The molecule has 0 atom stereocenters. The molecule has 124 valence electrons. The number of benzene rings is 2. The van der Waals surface area contributed by atoms with Gasteiger partial charge in [0.2, 0.25) is 5.96 Å². The van der Waals surface area contributed by atoms with Crippen LogP contribution in [-0.4, -0.2) is 18.4 Å². The number of rotatable bonds is 4. The third kappa shape index (κ3) is 5.69. The van der Waals surface area contributed by atoms with Crippen molar-refractivity contribution < 1.29 is 0 Å². The average molecular weight is 403 g/mol. The molecule has 5 nitrogen and oxygen atoms in total. The van der Waals surface area contributed by atoms with Gasteiger partial charge in [0.1, 0.15) is 0 Å². The van der Waals surface area contributed by atoms with Crippen molar-refractivity contribution in [1.29, 1.82) is 0 Å². The number of guanidine groups is 1. The molecule has 2 rings (SSSR count).